The summed E-state index contributed by atoms with van der Waals surface area (Å²) in [4.78, 5) is 26.6. The molecule has 0 radical (unpaired) electrons. The Morgan fingerprint density at radius 3 is 1.95 bits per heavy atom. The fourth-order valence-corrected chi connectivity index (χ4v) is 5.53. The lowest BCUT2D eigenvalue weighted by molar-refractivity contribution is -0.154. The summed E-state index contributed by atoms with van der Waals surface area (Å²) in [5.41, 5.74) is 2.06. The van der Waals surface area contributed by atoms with Crippen molar-refractivity contribution in [2.75, 3.05) is 11.3 Å². The van der Waals surface area contributed by atoms with Gasteiger partial charge in [-0.3, -0.25) is 9.52 Å². The minimum atomic E-state index is -3.88. The van der Waals surface area contributed by atoms with E-state index in [9.17, 15) is 18.0 Å². The van der Waals surface area contributed by atoms with Gasteiger partial charge in [-0.1, -0.05) is 56.4 Å². The van der Waals surface area contributed by atoms with Crippen molar-refractivity contribution in [3.63, 3.8) is 0 Å². The second kappa shape index (κ2) is 16.8. The first kappa shape index (κ1) is 34.6. The van der Waals surface area contributed by atoms with Crippen LogP contribution in [0.25, 0.3) is 0 Å². The number of hydrogen-bond acceptors (Lipinski definition) is 7. The number of unbranched alkanes of at least 4 members (excludes halogenated alkanes) is 6. The molecule has 0 aliphatic rings. The number of pyridine rings is 1. The van der Waals surface area contributed by atoms with Crippen molar-refractivity contribution in [3.8, 4) is 5.75 Å². The summed E-state index contributed by atoms with van der Waals surface area (Å²) in [6, 6.07) is 17.3. The highest BCUT2D eigenvalue weighted by Gasteiger charge is 2.16. The van der Waals surface area contributed by atoms with Gasteiger partial charge >= 0.3 is 11.9 Å². The molecule has 0 saturated carbocycles. The molecule has 10 heteroatoms. The van der Waals surface area contributed by atoms with E-state index in [1.54, 1.807) is 12.1 Å². The van der Waals surface area contributed by atoms with Crippen molar-refractivity contribution in [2.24, 2.45) is 0 Å². The Morgan fingerprint density at radius 1 is 0.795 bits per heavy atom. The van der Waals surface area contributed by atoms with E-state index in [0.717, 1.165) is 44.7 Å². The summed E-state index contributed by atoms with van der Waals surface area (Å²) in [7, 11) is -3.88. The van der Waals surface area contributed by atoms with E-state index >= 15 is 0 Å². The lowest BCUT2D eigenvalue weighted by Crippen LogP contribution is -2.23. The topological polar surface area (TPSA) is 132 Å². The number of aromatic nitrogens is 1. The molecular weight excluding hydrogens is 580 g/mol. The van der Waals surface area contributed by atoms with Crippen molar-refractivity contribution < 1.29 is 32.6 Å². The van der Waals surface area contributed by atoms with Crippen LogP contribution in [-0.2, 0) is 32.4 Å². The van der Waals surface area contributed by atoms with Crippen LogP contribution in [-0.4, -0.2) is 42.7 Å². The highest BCUT2D eigenvalue weighted by Crippen LogP contribution is 2.20. The maximum atomic E-state index is 12.6. The van der Waals surface area contributed by atoms with E-state index in [0.29, 0.717) is 18.8 Å². The maximum Gasteiger partial charge on any atom is 0.337 e. The van der Waals surface area contributed by atoms with Crippen LogP contribution in [0.4, 0.5) is 5.82 Å². The highest BCUT2D eigenvalue weighted by atomic mass is 32.2. The van der Waals surface area contributed by atoms with Gasteiger partial charge < -0.3 is 14.6 Å². The second-order valence-electron chi connectivity index (χ2n) is 11.8. The van der Waals surface area contributed by atoms with Crippen molar-refractivity contribution in [1.29, 1.82) is 0 Å². The number of anilines is 1. The van der Waals surface area contributed by atoms with E-state index in [-0.39, 0.29) is 22.2 Å². The van der Waals surface area contributed by atoms with Crippen LogP contribution in [0.2, 0.25) is 0 Å². The number of aromatic carboxylic acids is 1. The number of sulfonamides is 1. The summed E-state index contributed by atoms with van der Waals surface area (Å²) < 4.78 is 38.8. The number of esters is 1. The second-order valence-corrected chi connectivity index (χ2v) is 13.5. The fraction of sp³-hybridized carbons (Fsp3) is 0.441. The fourth-order valence-electron chi connectivity index (χ4n) is 4.53. The molecule has 0 unspecified atom stereocenters. The summed E-state index contributed by atoms with van der Waals surface area (Å²) in [5, 5.41) is 8.95. The zero-order valence-electron chi connectivity index (χ0n) is 25.9. The molecule has 3 rings (SSSR count). The smallest absolute Gasteiger partial charge is 0.337 e. The molecule has 0 aliphatic carbocycles. The molecule has 0 saturated heterocycles. The Labute approximate surface area is 261 Å². The van der Waals surface area contributed by atoms with Crippen LogP contribution in [0.5, 0.6) is 5.75 Å². The summed E-state index contributed by atoms with van der Waals surface area (Å²) in [6.45, 7) is 6.15. The molecule has 0 aliphatic heterocycles. The number of rotatable bonds is 18. The third-order valence-corrected chi connectivity index (χ3v) is 8.20. The average molecular weight is 625 g/mol. The number of nitrogens with one attached hydrogen (secondary N) is 1. The zero-order chi connectivity index (χ0) is 32.0. The summed E-state index contributed by atoms with van der Waals surface area (Å²) in [6.07, 6.45) is 11.3. The molecule has 1 aromatic heterocycles. The van der Waals surface area contributed by atoms with Crippen molar-refractivity contribution in [1.82, 2.24) is 4.98 Å². The van der Waals surface area contributed by atoms with E-state index in [1.165, 1.54) is 54.7 Å². The number of benzene rings is 2. The van der Waals surface area contributed by atoms with Crippen molar-refractivity contribution >= 4 is 27.8 Å². The molecule has 1 heterocycles. The average Bonchev–Trinajstić information content (AvgIpc) is 2.96. The monoisotopic (exact) mass is 624 g/mol. The lowest BCUT2D eigenvalue weighted by atomic mass is 10.0. The van der Waals surface area contributed by atoms with Gasteiger partial charge in [0.05, 0.1) is 17.1 Å². The highest BCUT2D eigenvalue weighted by molar-refractivity contribution is 7.92. The molecule has 0 fully saturated rings. The summed E-state index contributed by atoms with van der Waals surface area (Å²) >= 11 is 0. The number of carboxylic acid groups (broad SMARTS) is 1. The Kier molecular flexibility index (Phi) is 13.2. The number of aryl methyl sites for hydroxylation is 1. The van der Waals surface area contributed by atoms with Gasteiger partial charge in [-0.2, -0.15) is 0 Å². The van der Waals surface area contributed by atoms with Gasteiger partial charge in [-0.05, 0) is 87.6 Å². The van der Waals surface area contributed by atoms with Gasteiger partial charge in [0.1, 0.15) is 17.2 Å². The van der Waals surface area contributed by atoms with E-state index in [1.807, 2.05) is 20.8 Å². The molecule has 44 heavy (non-hydrogen) atoms. The van der Waals surface area contributed by atoms with Crippen LogP contribution >= 0.6 is 0 Å². The standard InChI is InChI=1S/C34H44N2O7S/c1-34(2,3)43-32(37)12-10-8-6-4-5-7-9-11-26-13-15-27(16-14-26)23-24-42-29-18-20-30(21-19-29)44(40,41)36-31-22-17-28(25-35-31)33(38)39/h13-22,25H,4-12,23-24H2,1-3H3,(H,35,36)(H,38,39). The molecule has 2 N–H and O–H groups in total. The molecule has 0 spiro atoms. The predicted molar refractivity (Wildman–Crippen MR) is 171 cm³/mol. The van der Waals surface area contributed by atoms with Crippen LogP contribution in [0.1, 0.15) is 93.6 Å². The van der Waals surface area contributed by atoms with Crippen LogP contribution in [0.3, 0.4) is 0 Å². The Balaban J connectivity index is 1.29. The zero-order valence-corrected chi connectivity index (χ0v) is 26.7. The minimum absolute atomic E-state index is 0.0292. The summed E-state index contributed by atoms with van der Waals surface area (Å²) in [5.74, 6) is -0.650. The largest absolute Gasteiger partial charge is 0.493 e. The number of carbonyl (C=O) groups is 2. The Hall–Kier alpha value is -3.92. The Morgan fingerprint density at radius 2 is 1.39 bits per heavy atom. The number of carboxylic acids is 1. The number of nitrogens with zero attached hydrogens (tertiary/aromatic N) is 1. The third kappa shape index (κ3) is 12.8. The first-order valence-corrected chi connectivity index (χ1v) is 16.6. The van der Waals surface area contributed by atoms with Crippen molar-refractivity contribution in [3.05, 3.63) is 83.6 Å². The maximum absolute atomic E-state index is 12.6. The van der Waals surface area contributed by atoms with Gasteiger partial charge in [0.2, 0.25) is 0 Å². The van der Waals surface area contributed by atoms with Gasteiger partial charge in [0.25, 0.3) is 10.0 Å². The minimum Gasteiger partial charge on any atom is -0.493 e. The molecule has 0 atom stereocenters. The van der Waals surface area contributed by atoms with Gasteiger partial charge in [0.15, 0.2) is 0 Å². The van der Waals surface area contributed by atoms with Crippen molar-refractivity contribution in [2.45, 2.75) is 95.5 Å². The molecule has 0 amide bonds. The van der Waals surface area contributed by atoms with Gasteiger partial charge in [-0.15, -0.1) is 0 Å². The quantitative estimate of drug-likeness (QED) is 0.112. The third-order valence-electron chi connectivity index (χ3n) is 6.83. The molecule has 238 valence electrons. The first-order valence-electron chi connectivity index (χ1n) is 15.2. The molecule has 0 bridgehead atoms. The normalized spacial score (nSPS) is 11.6. The van der Waals surface area contributed by atoms with Crippen LogP contribution in [0, 0.1) is 0 Å². The van der Waals surface area contributed by atoms with Crippen LogP contribution < -0.4 is 9.46 Å². The number of hydrogen-bond donors (Lipinski definition) is 2. The molecule has 3 aromatic rings. The van der Waals surface area contributed by atoms with Gasteiger partial charge in [0, 0.05) is 19.0 Å². The SMILES string of the molecule is CC(C)(C)OC(=O)CCCCCCCCCc1ccc(CCOc2ccc(S(=O)(=O)Nc3ccc(C(=O)O)cn3)cc2)cc1. The van der Waals surface area contributed by atoms with Crippen LogP contribution in [0.15, 0.2) is 71.8 Å². The first-order chi connectivity index (χ1) is 20.9. The van der Waals surface area contributed by atoms with Gasteiger partial charge in [-0.25, -0.2) is 18.2 Å². The van der Waals surface area contributed by atoms with E-state index in [2.05, 4.69) is 34.0 Å². The van der Waals surface area contributed by atoms with E-state index in [4.69, 9.17) is 14.6 Å². The molecular formula is C34H44N2O7S. The predicted octanol–water partition coefficient (Wildman–Crippen LogP) is 7.21. The lowest BCUT2D eigenvalue weighted by Gasteiger charge is -2.19. The number of ether oxygens (including phenoxy) is 2. The van der Waals surface area contributed by atoms with E-state index < -0.39 is 21.6 Å². The number of carbonyl (C=O) groups excluding carboxylic acids is 1. The molecule has 2 aromatic carbocycles. The molecule has 9 nitrogen and oxygen atoms in total. The Bertz CT molecular complexity index is 1430.